The standard InChI is InChI=1S/C5H11ClO3S/c1-4(7)5(2,6)10(3,8)9/h4,7H,1-3H3/t4-,5-/m1/s1. The van der Waals surface area contributed by atoms with Gasteiger partial charge in [0.15, 0.2) is 14.0 Å². The van der Waals surface area contributed by atoms with Crippen LogP contribution in [-0.4, -0.2) is 30.1 Å². The van der Waals surface area contributed by atoms with Gasteiger partial charge in [-0.2, -0.15) is 0 Å². The molecule has 0 aliphatic rings. The topological polar surface area (TPSA) is 54.4 Å². The van der Waals surface area contributed by atoms with E-state index in [0.29, 0.717) is 0 Å². The molecule has 0 radical (unpaired) electrons. The van der Waals surface area contributed by atoms with Crippen LogP contribution in [0.25, 0.3) is 0 Å². The summed E-state index contributed by atoms with van der Waals surface area (Å²) in [5.74, 6) is 0. The first kappa shape index (κ1) is 10.2. The molecule has 0 aliphatic heterocycles. The highest BCUT2D eigenvalue weighted by Gasteiger charge is 2.38. The average molecular weight is 187 g/mol. The molecule has 5 heteroatoms. The minimum Gasteiger partial charge on any atom is -0.390 e. The number of aliphatic hydroxyl groups is 1. The van der Waals surface area contributed by atoms with Crippen LogP contribution in [0.5, 0.6) is 0 Å². The Bertz CT molecular complexity index is 205. The molecular weight excluding hydrogens is 176 g/mol. The van der Waals surface area contributed by atoms with Crippen molar-refractivity contribution >= 4 is 21.4 Å². The van der Waals surface area contributed by atoms with Crippen molar-refractivity contribution in [2.45, 2.75) is 24.2 Å². The molecule has 0 aromatic heterocycles. The van der Waals surface area contributed by atoms with Gasteiger partial charge < -0.3 is 5.11 Å². The molecular formula is C5H11ClO3S. The maximum Gasteiger partial charge on any atom is 0.169 e. The largest absolute Gasteiger partial charge is 0.390 e. The second kappa shape index (κ2) is 2.68. The van der Waals surface area contributed by atoms with Crippen LogP contribution in [0.15, 0.2) is 0 Å². The molecule has 0 aliphatic carbocycles. The quantitative estimate of drug-likeness (QED) is 0.634. The maximum atomic E-state index is 10.8. The number of alkyl halides is 1. The zero-order chi connectivity index (χ0) is 8.58. The van der Waals surface area contributed by atoms with Gasteiger partial charge in [0.1, 0.15) is 0 Å². The van der Waals surface area contributed by atoms with Crippen LogP contribution in [0.2, 0.25) is 0 Å². The van der Waals surface area contributed by atoms with Crippen LogP contribution in [0, 0.1) is 0 Å². The fraction of sp³-hybridized carbons (Fsp3) is 1.00. The van der Waals surface area contributed by atoms with Crippen molar-refractivity contribution in [2.24, 2.45) is 0 Å². The number of halogens is 1. The van der Waals surface area contributed by atoms with Gasteiger partial charge in [-0.1, -0.05) is 11.6 Å². The molecule has 0 rings (SSSR count). The Balaban J connectivity index is 4.76. The fourth-order valence-electron chi connectivity index (χ4n) is 0.310. The summed E-state index contributed by atoms with van der Waals surface area (Å²) in [6.07, 6.45) is -0.0728. The van der Waals surface area contributed by atoms with Gasteiger partial charge in [-0.05, 0) is 13.8 Å². The fourth-order valence-corrected chi connectivity index (χ4v) is 0.929. The van der Waals surface area contributed by atoms with Crippen molar-refractivity contribution in [1.29, 1.82) is 0 Å². The third kappa shape index (κ3) is 1.84. The zero-order valence-corrected chi connectivity index (χ0v) is 7.70. The Morgan fingerprint density at radius 1 is 1.60 bits per heavy atom. The average Bonchev–Trinajstić information content (AvgIpc) is 1.62. The van der Waals surface area contributed by atoms with Crippen LogP contribution in [0.3, 0.4) is 0 Å². The van der Waals surface area contributed by atoms with E-state index in [1.165, 1.54) is 13.8 Å². The molecule has 1 N–H and O–H groups in total. The van der Waals surface area contributed by atoms with Crippen molar-refractivity contribution in [3.8, 4) is 0 Å². The highest BCUT2D eigenvalue weighted by Crippen LogP contribution is 2.25. The lowest BCUT2D eigenvalue weighted by atomic mass is 10.3. The Morgan fingerprint density at radius 2 is 1.90 bits per heavy atom. The van der Waals surface area contributed by atoms with Gasteiger partial charge in [0.25, 0.3) is 0 Å². The van der Waals surface area contributed by atoms with Gasteiger partial charge in [0.2, 0.25) is 0 Å². The minimum absolute atomic E-state index is 0.993. The molecule has 0 fully saturated rings. The summed E-state index contributed by atoms with van der Waals surface area (Å²) in [7, 11) is -3.39. The van der Waals surface area contributed by atoms with E-state index in [1.807, 2.05) is 0 Å². The summed E-state index contributed by atoms with van der Waals surface area (Å²) in [4.78, 5) is 0. The lowest BCUT2D eigenvalue weighted by molar-refractivity contribution is 0.180. The molecule has 10 heavy (non-hydrogen) atoms. The second-order valence-corrected chi connectivity index (χ2v) is 5.84. The van der Waals surface area contributed by atoms with E-state index in [9.17, 15) is 8.42 Å². The van der Waals surface area contributed by atoms with E-state index in [1.54, 1.807) is 0 Å². The van der Waals surface area contributed by atoms with E-state index in [-0.39, 0.29) is 0 Å². The molecule has 3 nitrogen and oxygen atoms in total. The summed E-state index contributed by atoms with van der Waals surface area (Å²) in [5.41, 5.74) is 0. The van der Waals surface area contributed by atoms with Crippen molar-refractivity contribution in [1.82, 2.24) is 0 Å². The van der Waals surface area contributed by atoms with Crippen LogP contribution in [0.4, 0.5) is 0 Å². The number of aliphatic hydroxyl groups excluding tert-OH is 1. The third-order valence-electron chi connectivity index (χ3n) is 1.47. The van der Waals surface area contributed by atoms with E-state index >= 15 is 0 Å². The Hall–Kier alpha value is 0.200. The molecule has 2 atom stereocenters. The lowest BCUT2D eigenvalue weighted by Crippen LogP contribution is -2.38. The van der Waals surface area contributed by atoms with Crippen LogP contribution < -0.4 is 0 Å². The van der Waals surface area contributed by atoms with Crippen LogP contribution >= 0.6 is 11.6 Å². The number of hydrogen-bond acceptors (Lipinski definition) is 3. The zero-order valence-electron chi connectivity index (χ0n) is 6.13. The molecule has 0 bridgehead atoms. The number of hydrogen-bond donors (Lipinski definition) is 1. The number of sulfone groups is 1. The summed E-state index contributed by atoms with van der Waals surface area (Å²) < 4.78 is 20.0. The van der Waals surface area contributed by atoms with Gasteiger partial charge in [0.05, 0.1) is 6.10 Å². The molecule has 0 amide bonds. The molecule has 0 heterocycles. The van der Waals surface area contributed by atoms with Crippen LogP contribution in [0.1, 0.15) is 13.8 Å². The molecule has 0 aromatic carbocycles. The predicted molar refractivity (Wildman–Crippen MR) is 40.8 cm³/mol. The first-order chi connectivity index (χ1) is 4.19. The van der Waals surface area contributed by atoms with Crippen molar-refractivity contribution < 1.29 is 13.5 Å². The first-order valence-corrected chi connectivity index (χ1v) is 5.03. The molecule has 0 unspecified atom stereocenters. The van der Waals surface area contributed by atoms with Gasteiger partial charge in [-0.15, -0.1) is 0 Å². The highest BCUT2D eigenvalue weighted by atomic mass is 35.5. The smallest absolute Gasteiger partial charge is 0.169 e. The normalized spacial score (nSPS) is 21.7. The van der Waals surface area contributed by atoms with Gasteiger partial charge in [-0.3, -0.25) is 0 Å². The van der Waals surface area contributed by atoms with E-state index in [2.05, 4.69) is 0 Å². The van der Waals surface area contributed by atoms with Gasteiger partial charge in [0, 0.05) is 6.26 Å². The van der Waals surface area contributed by atoms with E-state index in [4.69, 9.17) is 16.7 Å². The van der Waals surface area contributed by atoms with Gasteiger partial charge in [-0.25, -0.2) is 8.42 Å². The number of rotatable bonds is 2. The summed E-state index contributed by atoms with van der Waals surface area (Å²) in [6.45, 7) is 2.61. The predicted octanol–water partition coefficient (Wildman–Crippen LogP) is 0.367. The van der Waals surface area contributed by atoms with Crippen molar-refractivity contribution in [2.75, 3.05) is 6.26 Å². The SMILES string of the molecule is C[C@@H](O)[C@](C)(Cl)S(C)(=O)=O. The molecule has 0 saturated heterocycles. The molecule has 0 aromatic rings. The summed E-state index contributed by atoms with van der Waals surface area (Å²) in [5, 5.41) is 8.90. The summed E-state index contributed by atoms with van der Waals surface area (Å²) in [6, 6.07) is 0. The Morgan fingerprint density at radius 3 is 1.90 bits per heavy atom. The lowest BCUT2D eigenvalue weighted by Gasteiger charge is -2.22. The van der Waals surface area contributed by atoms with E-state index in [0.717, 1.165) is 6.26 Å². The summed E-state index contributed by atoms with van der Waals surface area (Å²) >= 11 is 5.51. The monoisotopic (exact) mass is 186 g/mol. The van der Waals surface area contributed by atoms with Crippen molar-refractivity contribution in [3.05, 3.63) is 0 Å². The van der Waals surface area contributed by atoms with Crippen molar-refractivity contribution in [3.63, 3.8) is 0 Å². The van der Waals surface area contributed by atoms with Crippen LogP contribution in [-0.2, 0) is 9.84 Å². The van der Waals surface area contributed by atoms with Gasteiger partial charge >= 0.3 is 0 Å². The Kier molecular flexibility index (Phi) is 2.73. The minimum atomic E-state index is -3.39. The first-order valence-electron chi connectivity index (χ1n) is 2.76. The molecule has 0 saturated carbocycles. The van der Waals surface area contributed by atoms with E-state index < -0.39 is 20.1 Å². The molecule has 62 valence electrons. The maximum absolute atomic E-state index is 10.8. The second-order valence-electron chi connectivity index (χ2n) is 2.43. The highest BCUT2D eigenvalue weighted by molar-refractivity contribution is 7.93. The third-order valence-corrected chi connectivity index (χ3v) is 4.42. The Labute approximate surface area is 65.9 Å². The molecule has 0 spiro atoms.